The summed E-state index contributed by atoms with van der Waals surface area (Å²) in [5, 5.41) is 6.47. The normalized spacial score (nSPS) is 20.3. The molecule has 5 rings (SSSR count). The zero-order valence-electron chi connectivity index (χ0n) is 19.7. The van der Waals surface area contributed by atoms with E-state index in [2.05, 4.69) is 15.4 Å². The lowest BCUT2D eigenvalue weighted by molar-refractivity contribution is -0.139. The Hall–Kier alpha value is -3.76. The molecule has 3 atom stereocenters. The predicted molar refractivity (Wildman–Crippen MR) is 125 cm³/mol. The second-order valence-electron chi connectivity index (χ2n) is 9.38. The fourth-order valence-corrected chi connectivity index (χ4v) is 4.65. The first-order valence-electron chi connectivity index (χ1n) is 12.1. The monoisotopic (exact) mass is 515 g/mol. The van der Waals surface area contributed by atoms with Crippen LogP contribution in [0.4, 0.5) is 17.6 Å². The molecule has 1 aliphatic carbocycles. The summed E-state index contributed by atoms with van der Waals surface area (Å²) in [5.74, 6) is -1.67. The highest BCUT2D eigenvalue weighted by molar-refractivity contribution is 5.88. The maximum Gasteiger partial charge on any atom is 0.282 e. The van der Waals surface area contributed by atoms with Gasteiger partial charge in [-0.25, -0.2) is 18.2 Å². The summed E-state index contributed by atoms with van der Waals surface area (Å²) in [7, 11) is 0. The quantitative estimate of drug-likeness (QED) is 0.362. The van der Waals surface area contributed by atoms with Crippen molar-refractivity contribution >= 4 is 11.8 Å². The van der Waals surface area contributed by atoms with Crippen LogP contribution in [-0.2, 0) is 16.1 Å². The van der Waals surface area contributed by atoms with E-state index < -0.39 is 54.7 Å². The van der Waals surface area contributed by atoms with Gasteiger partial charge >= 0.3 is 0 Å². The number of aromatic nitrogens is 3. The second kappa shape index (κ2) is 10.3. The van der Waals surface area contributed by atoms with Crippen molar-refractivity contribution < 1.29 is 27.2 Å². The Morgan fingerprint density at radius 1 is 1.05 bits per heavy atom. The molecule has 3 unspecified atom stereocenters. The molecule has 1 saturated carbocycles. The zero-order valence-corrected chi connectivity index (χ0v) is 19.7. The van der Waals surface area contributed by atoms with E-state index in [1.54, 1.807) is 42.5 Å². The van der Waals surface area contributed by atoms with Gasteiger partial charge in [0.05, 0.1) is 18.3 Å². The van der Waals surface area contributed by atoms with Gasteiger partial charge in [-0.05, 0) is 36.5 Å². The smallest absolute Gasteiger partial charge is 0.282 e. The van der Waals surface area contributed by atoms with E-state index in [-0.39, 0.29) is 24.6 Å². The van der Waals surface area contributed by atoms with Crippen molar-refractivity contribution in [2.24, 2.45) is 0 Å². The molecule has 2 aromatic heterocycles. The van der Waals surface area contributed by atoms with Gasteiger partial charge in [-0.1, -0.05) is 36.4 Å². The van der Waals surface area contributed by atoms with E-state index in [4.69, 9.17) is 0 Å². The van der Waals surface area contributed by atoms with Gasteiger partial charge in [0.25, 0.3) is 6.43 Å². The molecule has 0 bridgehead atoms. The number of amides is 2. The van der Waals surface area contributed by atoms with Crippen LogP contribution in [0.1, 0.15) is 60.2 Å². The predicted octanol–water partition coefficient (Wildman–Crippen LogP) is 4.08. The molecule has 194 valence electrons. The van der Waals surface area contributed by atoms with Crippen LogP contribution in [0.25, 0.3) is 0 Å². The Balaban J connectivity index is 1.36. The Morgan fingerprint density at radius 2 is 1.81 bits per heavy atom. The number of likely N-dealkylation sites (tertiary alicyclic amines) is 1. The standard InChI is InChI=1S/C26H25F4N5O2/c27-17-12-21(35(13-17)22(36)14-34-11-10-20(33-34)24(28)29)26(37)32-23(16-4-2-1-3-5-16)19-9-8-18(15-6-7-15)25(30)31-19/h1-5,8-11,15,17,21,23-24H,6-7,12-14H2,(H,32,37). The summed E-state index contributed by atoms with van der Waals surface area (Å²) in [6.07, 6.45) is -1.39. The van der Waals surface area contributed by atoms with Crippen LogP contribution in [0, 0.1) is 5.95 Å². The number of halogens is 4. The van der Waals surface area contributed by atoms with E-state index in [0.717, 1.165) is 28.5 Å². The largest absolute Gasteiger partial charge is 0.342 e. The van der Waals surface area contributed by atoms with Crippen molar-refractivity contribution in [3.8, 4) is 0 Å². The summed E-state index contributed by atoms with van der Waals surface area (Å²) in [6.45, 7) is -0.723. The van der Waals surface area contributed by atoms with Crippen LogP contribution >= 0.6 is 0 Å². The first kappa shape index (κ1) is 24.9. The molecule has 1 aliphatic heterocycles. The maximum absolute atomic E-state index is 14.8. The van der Waals surface area contributed by atoms with Crippen LogP contribution in [-0.4, -0.2) is 50.2 Å². The van der Waals surface area contributed by atoms with Gasteiger partial charge in [-0.3, -0.25) is 14.3 Å². The molecule has 37 heavy (non-hydrogen) atoms. The number of alkyl halides is 3. The Labute approximate surface area is 210 Å². The van der Waals surface area contributed by atoms with E-state index in [1.807, 2.05) is 0 Å². The molecular weight excluding hydrogens is 490 g/mol. The van der Waals surface area contributed by atoms with Crippen molar-refractivity contribution in [3.63, 3.8) is 0 Å². The highest BCUT2D eigenvalue weighted by Gasteiger charge is 2.41. The summed E-state index contributed by atoms with van der Waals surface area (Å²) >= 11 is 0. The van der Waals surface area contributed by atoms with Crippen LogP contribution in [0.3, 0.4) is 0 Å². The highest BCUT2D eigenvalue weighted by atomic mass is 19.3. The lowest BCUT2D eigenvalue weighted by Gasteiger charge is -2.26. The minimum Gasteiger partial charge on any atom is -0.342 e. The van der Waals surface area contributed by atoms with Gasteiger partial charge in [0, 0.05) is 18.2 Å². The van der Waals surface area contributed by atoms with E-state index in [1.165, 1.54) is 6.20 Å². The van der Waals surface area contributed by atoms with Crippen molar-refractivity contribution in [1.82, 2.24) is 25.0 Å². The molecule has 2 amide bonds. The number of hydrogen-bond acceptors (Lipinski definition) is 4. The molecule has 2 aliphatic rings. The first-order chi connectivity index (χ1) is 17.8. The summed E-state index contributed by atoms with van der Waals surface area (Å²) in [4.78, 5) is 31.5. The third kappa shape index (κ3) is 5.50. The molecular formula is C26H25F4N5O2. The summed E-state index contributed by atoms with van der Waals surface area (Å²) < 4.78 is 55.8. The van der Waals surface area contributed by atoms with E-state index in [9.17, 15) is 27.2 Å². The third-order valence-corrected chi connectivity index (χ3v) is 6.69. The number of benzene rings is 1. The number of nitrogens with zero attached hydrogens (tertiary/aromatic N) is 4. The number of hydrogen-bond donors (Lipinski definition) is 1. The van der Waals surface area contributed by atoms with Crippen molar-refractivity contribution in [1.29, 1.82) is 0 Å². The molecule has 2 fully saturated rings. The first-order valence-corrected chi connectivity index (χ1v) is 12.1. The van der Waals surface area contributed by atoms with Gasteiger partial charge < -0.3 is 10.2 Å². The zero-order chi connectivity index (χ0) is 26.1. The molecule has 1 saturated heterocycles. The minimum atomic E-state index is -2.79. The van der Waals surface area contributed by atoms with Crippen molar-refractivity contribution in [2.45, 2.75) is 56.4 Å². The van der Waals surface area contributed by atoms with Crippen LogP contribution in [0.5, 0.6) is 0 Å². The number of nitrogens with one attached hydrogen (secondary N) is 1. The Kier molecular flexibility index (Phi) is 6.94. The SMILES string of the molecule is O=C(NC(c1ccccc1)c1ccc(C2CC2)c(F)n1)C1CC(F)CN1C(=O)Cn1ccc(C(F)F)n1. The van der Waals surface area contributed by atoms with E-state index in [0.29, 0.717) is 11.1 Å². The Bertz CT molecular complexity index is 1280. The fraction of sp³-hybridized carbons (Fsp3) is 0.385. The second-order valence-corrected chi connectivity index (χ2v) is 9.38. The van der Waals surface area contributed by atoms with Crippen molar-refractivity contribution in [2.75, 3.05) is 6.54 Å². The van der Waals surface area contributed by atoms with Gasteiger partial charge in [0.2, 0.25) is 17.8 Å². The lowest BCUT2D eigenvalue weighted by atomic mass is 10.0. The van der Waals surface area contributed by atoms with Crippen molar-refractivity contribution in [3.05, 3.63) is 83.2 Å². The lowest BCUT2D eigenvalue weighted by Crippen LogP contribution is -2.48. The molecule has 7 nitrogen and oxygen atoms in total. The number of carbonyl (C=O) groups is 2. The van der Waals surface area contributed by atoms with E-state index >= 15 is 0 Å². The molecule has 0 spiro atoms. The number of carbonyl (C=O) groups excluding carboxylic acids is 2. The Morgan fingerprint density at radius 3 is 2.46 bits per heavy atom. The number of rotatable bonds is 8. The third-order valence-electron chi connectivity index (χ3n) is 6.69. The van der Waals surface area contributed by atoms with Gasteiger partial charge in [-0.2, -0.15) is 9.49 Å². The molecule has 3 heterocycles. The molecule has 1 N–H and O–H groups in total. The molecule has 11 heteroatoms. The number of pyridine rings is 1. The minimum absolute atomic E-state index is 0.164. The average molecular weight is 516 g/mol. The van der Waals surface area contributed by atoms with Crippen LogP contribution < -0.4 is 5.32 Å². The molecule has 1 aromatic carbocycles. The summed E-state index contributed by atoms with van der Waals surface area (Å²) in [5.41, 5.74) is 0.990. The van der Waals surface area contributed by atoms with Gasteiger partial charge in [-0.15, -0.1) is 0 Å². The van der Waals surface area contributed by atoms with Gasteiger partial charge in [0.1, 0.15) is 24.5 Å². The maximum atomic E-state index is 14.8. The van der Waals surface area contributed by atoms with Gasteiger partial charge in [0.15, 0.2) is 0 Å². The molecule has 0 radical (unpaired) electrons. The average Bonchev–Trinajstić information content (AvgIpc) is 3.47. The van der Waals surface area contributed by atoms with Crippen LogP contribution in [0.15, 0.2) is 54.7 Å². The fourth-order valence-electron chi connectivity index (χ4n) is 4.65. The molecule has 3 aromatic rings. The van der Waals surface area contributed by atoms with Crippen LogP contribution in [0.2, 0.25) is 0 Å². The highest BCUT2D eigenvalue weighted by Crippen LogP contribution is 2.41. The summed E-state index contributed by atoms with van der Waals surface area (Å²) in [6, 6.07) is 11.3. The topological polar surface area (TPSA) is 80.1 Å².